The van der Waals surface area contributed by atoms with Crippen molar-refractivity contribution < 1.29 is 17.9 Å². The fraction of sp³-hybridized carbons (Fsp3) is 0.583. The highest BCUT2D eigenvalue weighted by molar-refractivity contribution is 5.48. The summed E-state index contributed by atoms with van der Waals surface area (Å²) in [6, 6.07) is 1.89. The predicted octanol–water partition coefficient (Wildman–Crippen LogP) is 2.66. The van der Waals surface area contributed by atoms with Crippen molar-refractivity contribution in [1.82, 2.24) is 4.98 Å². The number of nitrogens with two attached hydrogens (primary N) is 1. The first-order chi connectivity index (χ1) is 8.88. The van der Waals surface area contributed by atoms with Gasteiger partial charge in [-0.05, 0) is 31.9 Å². The Bertz CT molecular complexity index is 444. The largest absolute Gasteiger partial charge is 0.416 e. The minimum atomic E-state index is -4.42. The second kappa shape index (κ2) is 5.24. The minimum absolute atomic E-state index is 0.0898. The number of anilines is 2. The summed E-state index contributed by atoms with van der Waals surface area (Å²) in [5.41, 5.74) is 4.60. The van der Waals surface area contributed by atoms with Gasteiger partial charge in [0, 0.05) is 12.6 Å². The van der Waals surface area contributed by atoms with Crippen LogP contribution in [0, 0.1) is 0 Å². The predicted molar refractivity (Wildman–Crippen MR) is 65.7 cm³/mol. The van der Waals surface area contributed by atoms with Crippen LogP contribution in [0.15, 0.2) is 12.1 Å². The highest BCUT2D eigenvalue weighted by Crippen LogP contribution is 2.33. The highest BCUT2D eigenvalue weighted by atomic mass is 19.4. The molecule has 2 rings (SSSR count). The Balaban J connectivity index is 2.00. The Morgan fingerprint density at radius 1 is 1.42 bits per heavy atom. The lowest BCUT2D eigenvalue weighted by molar-refractivity contribution is -0.137. The number of nitrogens with one attached hydrogen (secondary N) is 1. The quantitative estimate of drug-likeness (QED) is 0.887. The Kier molecular flexibility index (Phi) is 3.84. The van der Waals surface area contributed by atoms with Crippen LogP contribution >= 0.6 is 0 Å². The molecule has 106 valence electrons. The van der Waals surface area contributed by atoms with E-state index in [0.717, 1.165) is 25.0 Å². The Hall–Kier alpha value is -1.50. The molecule has 4 nitrogen and oxygen atoms in total. The lowest BCUT2D eigenvalue weighted by Crippen LogP contribution is -2.41. The summed E-state index contributed by atoms with van der Waals surface area (Å²) in [5.74, 6) is 0.0188. The Morgan fingerprint density at radius 3 is 2.68 bits per heavy atom. The summed E-state index contributed by atoms with van der Waals surface area (Å²) in [4.78, 5) is 3.87. The number of ether oxygens (including phenoxy) is 1. The van der Waals surface area contributed by atoms with Gasteiger partial charge in [0.05, 0.1) is 11.7 Å². The number of alkyl halides is 3. The number of nitrogen functional groups attached to an aromatic ring is 1. The summed E-state index contributed by atoms with van der Waals surface area (Å²) < 4.78 is 43.2. The van der Waals surface area contributed by atoms with E-state index in [4.69, 9.17) is 10.5 Å². The number of halogens is 3. The van der Waals surface area contributed by atoms with Gasteiger partial charge in [-0.3, -0.25) is 0 Å². The van der Waals surface area contributed by atoms with Crippen LogP contribution in [-0.4, -0.2) is 23.7 Å². The first kappa shape index (κ1) is 13.9. The normalized spacial score (nSPS) is 22.9. The van der Waals surface area contributed by atoms with Gasteiger partial charge in [0.1, 0.15) is 11.6 Å². The van der Waals surface area contributed by atoms with Crippen LogP contribution in [0.4, 0.5) is 24.8 Å². The minimum Gasteiger partial charge on any atom is -0.384 e. The van der Waals surface area contributed by atoms with Crippen LogP contribution in [0.5, 0.6) is 0 Å². The highest BCUT2D eigenvalue weighted by Gasteiger charge is 2.33. The van der Waals surface area contributed by atoms with Gasteiger partial charge in [-0.15, -0.1) is 0 Å². The van der Waals surface area contributed by atoms with Crippen LogP contribution < -0.4 is 11.1 Å². The van der Waals surface area contributed by atoms with Gasteiger partial charge in [0.2, 0.25) is 0 Å². The standard InChI is InChI=1S/C12H16F3N3O/c1-2-19-9-5-8(6-9)17-11-4-7(12(13,14)15)3-10(16)18-11/h3-4,8-9H,2,5-6H2,1H3,(H3,16,17,18). The molecule has 1 aromatic rings. The molecule has 0 saturated heterocycles. The van der Waals surface area contributed by atoms with Gasteiger partial charge in [0.15, 0.2) is 0 Å². The molecule has 0 bridgehead atoms. The van der Waals surface area contributed by atoms with Gasteiger partial charge in [-0.2, -0.15) is 13.2 Å². The topological polar surface area (TPSA) is 60.2 Å². The van der Waals surface area contributed by atoms with E-state index in [9.17, 15) is 13.2 Å². The van der Waals surface area contributed by atoms with Gasteiger partial charge >= 0.3 is 6.18 Å². The maximum Gasteiger partial charge on any atom is 0.416 e. The molecule has 0 atom stereocenters. The monoisotopic (exact) mass is 275 g/mol. The zero-order valence-corrected chi connectivity index (χ0v) is 10.5. The zero-order chi connectivity index (χ0) is 14.0. The molecule has 19 heavy (non-hydrogen) atoms. The van der Waals surface area contributed by atoms with Crippen LogP contribution in [0.1, 0.15) is 25.3 Å². The average Bonchev–Trinajstić information content (AvgIpc) is 2.24. The molecule has 0 radical (unpaired) electrons. The lowest BCUT2D eigenvalue weighted by Gasteiger charge is -2.35. The molecule has 0 aromatic carbocycles. The third kappa shape index (κ3) is 3.50. The van der Waals surface area contributed by atoms with Crippen molar-refractivity contribution in [1.29, 1.82) is 0 Å². The third-order valence-corrected chi connectivity index (χ3v) is 3.02. The Labute approximate surface area is 109 Å². The second-order valence-corrected chi connectivity index (χ2v) is 4.55. The van der Waals surface area contributed by atoms with E-state index in [1.165, 1.54) is 0 Å². The molecule has 3 N–H and O–H groups in total. The molecular formula is C12H16F3N3O. The van der Waals surface area contributed by atoms with Crippen LogP contribution in [-0.2, 0) is 10.9 Å². The van der Waals surface area contributed by atoms with E-state index in [0.29, 0.717) is 6.61 Å². The molecular weight excluding hydrogens is 259 g/mol. The first-order valence-electron chi connectivity index (χ1n) is 6.11. The fourth-order valence-corrected chi connectivity index (χ4v) is 2.05. The van der Waals surface area contributed by atoms with Crippen LogP contribution in [0.3, 0.4) is 0 Å². The van der Waals surface area contributed by atoms with Crippen molar-refractivity contribution in [3.8, 4) is 0 Å². The number of pyridine rings is 1. The molecule has 1 aliphatic rings. The molecule has 1 saturated carbocycles. The number of aromatic nitrogens is 1. The number of hydrogen-bond acceptors (Lipinski definition) is 4. The maximum absolute atomic E-state index is 12.6. The van der Waals surface area contributed by atoms with E-state index in [-0.39, 0.29) is 23.8 Å². The molecule has 1 aliphatic carbocycles. The number of hydrogen-bond donors (Lipinski definition) is 2. The average molecular weight is 275 g/mol. The van der Waals surface area contributed by atoms with Gasteiger partial charge in [-0.1, -0.05) is 0 Å². The van der Waals surface area contributed by atoms with Crippen molar-refractivity contribution in [2.24, 2.45) is 0 Å². The number of nitrogens with zero attached hydrogens (tertiary/aromatic N) is 1. The molecule has 1 aromatic heterocycles. The number of rotatable bonds is 4. The smallest absolute Gasteiger partial charge is 0.384 e. The van der Waals surface area contributed by atoms with Gasteiger partial charge in [0.25, 0.3) is 0 Å². The second-order valence-electron chi connectivity index (χ2n) is 4.55. The molecule has 1 heterocycles. The van der Waals surface area contributed by atoms with E-state index in [1.54, 1.807) is 0 Å². The summed E-state index contributed by atoms with van der Waals surface area (Å²) >= 11 is 0. The molecule has 7 heteroatoms. The van der Waals surface area contributed by atoms with Crippen molar-refractivity contribution in [3.63, 3.8) is 0 Å². The van der Waals surface area contributed by atoms with Crippen molar-refractivity contribution in [3.05, 3.63) is 17.7 Å². The SMILES string of the molecule is CCOC1CC(Nc2cc(C(F)(F)F)cc(N)n2)C1. The van der Waals surface area contributed by atoms with Crippen molar-refractivity contribution in [2.45, 2.75) is 38.1 Å². The van der Waals surface area contributed by atoms with Crippen molar-refractivity contribution >= 4 is 11.6 Å². The van der Waals surface area contributed by atoms with Crippen LogP contribution in [0.2, 0.25) is 0 Å². The lowest BCUT2D eigenvalue weighted by atomic mass is 9.89. The van der Waals surface area contributed by atoms with E-state index in [1.807, 2.05) is 6.92 Å². The summed E-state index contributed by atoms with van der Waals surface area (Å²) in [6.45, 7) is 2.56. The zero-order valence-electron chi connectivity index (χ0n) is 10.5. The van der Waals surface area contributed by atoms with Crippen LogP contribution in [0.25, 0.3) is 0 Å². The Morgan fingerprint density at radius 2 is 2.11 bits per heavy atom. The summed E-state index contributed by atoms with van der Waals surface area (Å²) in [6.07, 6.45) is -2.69. The van der Waals surface area contributed by atoms with Gasteiger partial charge < -0.3 is 15.8 Å². The third-order valence-electron chi connectivity index (χ3n) is 3.02. The molecule has 0 unspecified atom stereocenters. The summed E-state index contributed by atoms with van der Waals surface area (Å²) in [5, 5.41) is 2.95. The van der Waals surface area contributed by atoms with E-state index >= 15 is 0 Å². The molecule has 0 spiro atoms. The molecule has 0 aliphatic heterocycles. The van der Waals surface area contributed by atoms with Crippen molar-refractivity contribution in [2.75, 3.05) is 17.7 Å². The van der Waals surface area contributed by atoms with Gasteiger partial charge in [-0.25, -0.2) is 4.98 Å². The first-order valence-corrected chi connectivity index (χ1v) is 6.11. The van der Waals surface area contributed by atoms with E-state index < -0.39 is 11.7 Å². The fourth-order valence-electron chi connectivity index (χ4n) is 2.05. The molecule has 0 amide bonds. The molecule has 1 fully saturated rings. The summed E-state index contributed by atoms with van der Waals surface area (Å²) in [7, 11) is 0. The maximum atomic E-state index is 12.6. The van der Waals surface area contributed by atoms with E-state index in [2.05, 4.69) is 10.3 Å².